The van der Waals surface area contributed by atoms with Crippen molar-refractivity contribution in [3.8, 4) is 0 Å². The van der Waals surface area contributed by atoms with Crippen molar-refractivity contribution in [1.29, 1.82) is 0 Å². The van der Waals surface area contributed by atoms with Crippen molar-refractivity contribution >= 4 is 23.8 Å². The van der Waals surface area contributed by atoms with Crippen LogP contribution in [0.5, 0.6) is 0 Å². The van der Waals surface area contributed by atoms with Gasteiger partial charge in [0, 0.05) is 51.2 Å². The first kappa shape index (κ1) is 29.2. The molecule has 2 unspecified atom stereocenters. The van der Waals surface area contributed by atoms with E-state index in [1.165, 1.54) is 24.8 Å². The van der Waals surface area contributed by atoms with Gasteiger partial charge in [0.15, 0.2) is 0 Å². The number of benzene rings is 1. The highest BCUT2D eigenvalue weighted by Gasteiger charge is 2.53. The Morgan fingerprint density at radius 1 is 1.13 bits per heavy atom. The average Bonchev–Trinajstić information content (AvgIpc) is 3.63. The number of carbonyl (C=O) groups is 2. The topological polar surface area (TPSA) is 111 Å². The van der Waals surface area contributed by atoms with Gasteiger partial charge in [-0.05, 0) is 101 Å². The van der Waals surface area contributed by atoms with Crippen LogP contribution >= 0.6 is 0 Å². The number of piperidine rings is 1. The van der Waals surface area contributed by atoms with Gasteiger partial charge in [0.1, 0.15) is 5.84 Å². The van der Waals surface area contributed by atoms with Crippen LogP contribution in [-0.4, -0.2) is 97.3 Å². The predicted octanol–water partition coefficient (Wildman–Crippen LogP) is 2.06. The van der Waals surface area contributed by atoms with Crippen molar-refractivity contribution in [3.05, 3.63) is 42.1 Å². The second kappa shape index (κ2) is 12.2. The number of piperazine rings is 1. The Bertz CT molecular complexity index is 1050. The summed E-state index contributed by atoms with van der Waals surface area (Å²) in [6, 6.07) is 8.74. The number of carbonyl (C=O) groups excluding carboxylic acids is 2. The molecule has 4 rings (SSSR count). The molecule has 2 saturated heterocycles. The van der Waals surface area contributed by atoms with Gasteiger partial charge < -0.3 is 26.2 Å². The summed E-state index contributed by atoms with van der Waals surface area (Å²) in [5.74, 6) is 1.49. The summed E-state index contributed by atoms with van der Waals surface area (Å²) in [5, 5.41) is 0. The Kier molecular flexibility index (Phi) is 9.14. The molecule has 9 nitrogen and oxygen atoms in total. The number of nitrogens with zero attached hydrogens (tertiary/aromatic N) is 5. The standard InChI is InChI=1S/C30H47N7O2/c1-23(34-13-10-30(11-14-34)20-25(30)21-31)19-24-5-7-26(8-6-24)37(22-38)12-9-27(33-4)35-15-17-36(18-16-35)28(39)29(2,3)32/h5-9,12,22-23,25H,10-11,13-21,31-32H2,1-4H3/b12-9-,33-27+. The van der Waals surface area contributed by atoms with Crippen LogP contribution in [0.4, 0.5) is 5.69 Å². The largest absolute Gasteiger partial charge is 0.353 e. The molecular weight excluding hydrogens is 490 g/mol. The molecule has 1 spiro atoms. The summed E-state index contributed by atoms with van der Waals surface area (Å²) in [6.45, 7) is 11.5. The number of hydrogen-bond donors (Lipinski definition) is 2. The quantitative estimate of drug-likeness (QED) is 0.283. The lowest BCUT2D eigenvalue weighted by Crippen LogP contribution is -2.57. The van der Waals surface area contributed by atoms with Gasteiger partial charge in [-0.1, -0.05) is 12.1 Å². The Balaban J connectivity index is 1.28. The second-order valence-corrected chi connectivity index (χ2v) is 12.2. The molecule has 0 radical (unpaired) electrons. The maximum absolute atomic E-state index is 12.5. The fraction of sp³-hybridized carbons (Fsp3) is 0.633. The van der Waals surface area contributed by atoms with Gasteiger partial charge in [0.2, 0.25) is 12.3 Å². The highest BCUT2D eigenvalue weighted by Crippen LogP contribution is 2.58. The third kappa shape index (κ3) is 6.88. The molecule has 3 fully saturated rings. The van der Waals surface area contributed by atoms with Gasteiger partial charge in [-0.25, -0.2) is 0 Å². The number of likely N-dealkylation sites (tertiary alicyclic amines) is 1. The summed E-state index contributed by atoms with van der Waals surface area (Å²) < 4.78 is 0. The summed E-state index contributed by atoms with van der Waals surface area (Å²) in [4.78, 5) is 36.9. The number of anilines is 1. The Labute approximate surface area is 233 Å². The monoisotopic (exact) mass is 537 g/mol. The fourth-order valence-electron chi connectivity index (χ4n) is 6.26. The molecule has 1 aliphatic carbocycles. The smallest absolute Gasteiger partial charge is 0.242 e. The van der Waals surface area contributed by atoms with E-state index in [9.17, 15) is 9.59 Å². The first-order valence-corrected chi connectivity index (χ1v) is 14.3. The summed E-state index contributed by atoms with van der Waals surface area (Å²) in [6.07, 6.45) is 9.30. The molecule has 1 aromatic rings. The van der Waals surface area contributed by atoms with Crippen LogP contribution in [0, 0.1) is 11.3 Å². The first-order chi connectivity index (χ1) is 18.6. The van der Waals surface area contributed by atoms with Crippen LogP contribution in [0.25, 0.3) is 0 Å². The third-order valence-corrected chi connectivity index (χ3v) is 9.00. The minimum absolute atomic E-state index is 0.0409. The number of hydrogen-bond acceptors (Lipinski definition) is 6. The van der Waals surface area contributed by atoms with Crippen LogP contribution in [0.3, 0.4) is 0 Å². The van der Waals surface area contributed by atoms with Crippen LogP contribution in [0.2, 0.25) is 0 Å². The van der Waals surface area contributed by atoms with Gasteiger partial charge in [-0.2, -0.15) is 0 Å². The molecule has 2 amide bonds. The van der Waals surface area contributed by atoms with E-state index >= 15 is 0 Å². The number of aliphatic imine (C=N–C) groups is 1. The second-order valence-electron chi connectivity index (χ2n) is 12.2. The summed E-state index contributed by atoms with van der Waals surface area (Å²) in [5.41, 5.74) is 13.7. The maximum Gasteiger partial charge on any atom is 0.242 e. The number of amides is 2. The number of rotatable bonds is 9. The molecule has 0 aromatic heterocycles. The molecule has 2 atom stereocenters. The zero-order valence-corrected chi connectivity index (χ0v) is 24.2. The predicted molar refractivity (Wildman–Crippen MR) is 157 cm³/mol. The molecule has 0 bridgehead atoms. The van der Waals surface area contributed by atoms with Crippen LogP contribution in [0.1, 0.15) is 45.6 Å². The van der Waals surface area contributed by atoms with E-state index < -0.39 is 5.54 Å². The lowest BCUT2D eigenvalue weighted by molar-refractivity contribution is -0.137. The van der Waals surface area contributed by atoms with E-state index in [0.29, 0.717) is 37.6 Å². The highest BCUT2D eigenvalue weighted by molar-refractivity contribution is 5.94. The van der Waals surface area contributed by atoms with Crippen LogP contribution in [0.15, 0.2) is 41.5 Å². The number of amidine groups is 1. The zero-order chi connectivity index (χ0) is 28.2. The van der Waals surface area contributed by atoms with E-state index in [1.54, 1.807) is 36.9 Å². The molecule has 2 aliphatic heterocycles. The molecule has 4 N–H and O–H groups in total. The minimum Gasteiger partial charge on any atom is -0.353 e. The van der Waals surface area contributed by atoms with Gasteiger partial charge in [-0.15, -0.1) is 0 Å². The SMILES string of the molecule is C/N=C(\C=C/N(C=O)c1ccc(CC(C)N2CCC3(CC2)CC3CN)cc1)N1CCN(C(=O)C(C)(C)N)CC1. The fourth-order valence-corrected chi connectivity index (χ4v) is 6.26. The molecule has 214 valence electrons. The Morgan fingerprint density at radius 3 is 2.26 bits per heavy atom. The first-order valence-electron chi connectivity index (χ1n) is 14.3. The Hall–Kier alpha value is -2.75. The van der Waals surface area contributed by atoms with Gasteiger partial charge in [0.05, 0.1) is 5.54 Å². The van der Waals surface area contributed by atoms with E-state index in [4.69, 9.17) is 11.5 Å². The molecule has 1 saturated carbocycles. The van der Waals surface area contributed by atoms with E-state index in [1.807, 2.05) is 18.2 Å². The summed E-state index contributed by atoms with van der Waals surface area (Å²) in [7, 11) is 1.74. The lowest BCUT2D eigenvalue weighted by Gasteiger charge is -2.38. The van der Waals surface area contributed by atoms with Gasteiger partial charge in [0.25, 0.3) is 0 Å². The summed E-state index contributed by atoms with van der Waals surface area (Å²) >= 11 is 0. The normalized spacial score (nSPS) is 22.8. The van der Waals surface area contributed by atoms with Gasteiger partial charge >= 0.3 is 0 Å². The number of nitrogens with two attached hydrogens (primary N) is 2. The zero-order valence-electron chi connectivity index (χ0n) is 24.2. The molecule has 3 aliphatic rings. The molecule has 2 heterocycles. The van der Waals surface area contributed by atoms with Crippen molar-refractivity contribution in [2.75, 3.05) is 57.8 Å². The van der Waals surface area contributed by atoms with Crippen molar-refractivity contribution < 1.29 is 9.59 Å². The van der Waals surface area contributed by atoms with Crippen LogP contribution < -0.4 is 16.4 Å². The average molecular weight is 538 g/mol. The molecule has 9 heteroatoms. The van der Waals surface area contributed by atoms with Gasteiger partial charge in [-0.3, -0.25) is 19.5 Å². The van der Waals surface area contributed by atoms with E-state index in [-0.39, 0.29) is 5.91 Å². The highest BCUT2D eigenvalue weighted by atomic mass is 16.2. The molecular formula is C30H47N7O2. The van der Waals surface area contributed by atoms with E-state index in [0.717, 1.165) is 49.9 Å². The van der Waals surface area contributed by atoms with Crippen molar-refractivity contribution in [2.24, 2.45) is 27.8 Å². The van der Waals surface area contributed by atoms with Crippen LogP contribution in [-0.2, 0) is 16.0 Å². The molecule has 1 aromatic carbocycles. The van der Waals surface area contributed by atoms with Crippen molar-refractivity contribution in [1.82, 2.24) is 14.7 Å². The third-order valence-electron chi connectivity index (χ3n) is 9.00. The van der Waals surface area contributed by atoms with E-state index in [2.05, 4.69) is 33.8 Å². The van der Waals surface area contributed by atoms with Crippen molar-refractivity contribution in [3.63, 3.8) is 0 Å². The maximum atomic E-state index is 12.5. The molecule has 39 heavy (non-hydrogen) atoms. The Morgan fingerprint density at radius 2 is 1.74 bits per heavy atom. The lowest BCUT2D eigenvalue weighted by atomic mass is 9.89. The minimum atomic E-state index is -0.872. The van der Waals surface area contributed by atoms with Crippen molar-refractivity contribution in [2.45, 2.75) is 58.0 Å².